The van der Waals surface area contributed by atoms with Crippen LogP contribution in [-0.2, 0) is 9.59 Å². The zero-order valence-electron chi connectivity index (χ0n) is 11.9. The SMILES string of the molecule is CCC[C@@H](N)C(=O)Nc1ccc(C(C)CC(=O)O)cc1. The molecule has 1 amide bonds. The Morgan fingerprint density at radius 3 is 2.40 bits per heavy atom. The smallest absolute Gasteiger partial charge is 0.303 e. The molecule has 1 rings (SSSR count). The summed E-state index contributed by atoms with van der Waals surface area (Å²) in [6, 6.07) is 6.70. The van der Waals surface area contributed by atoms with Crippen molar-refractivity contribution in [3.8, 4) is 0 Å². The topological polar surface area (TPSA) is 92.4 Å². The third-order valence-electron chi connectivity index (χ3n) is 3.16. The summed E-state index contributed by atoms with van der Waals surface area (Å²) in [5, 5.41) is 11.5. The molecular weight excluding hydrogens is 256 g/mol. The minimum absolute atomic E-state index is 0.0559. The van der Waals surface area contributed by atoms with Gasteiger partial charge in [0.1, 0.15) is 0 Å². The third-order valence-corrected chi connectivity index (χ3v) is 3.16. The van der Waals surface area contributed by atoms with Gasteiger partial charge in [-0.2, -0.15) is 0 Å². The quantitative estimate of drug-likeness (QED) is 0.713. The van der Waals surface area contributed by atoms with Gasteiger partial charge < -0.3 is 16.2 Å². The maximum absolute atomic E-state index is 11.8. The molecule has 20 heavy (non-hydrogen) atoms. The van der Waals surface area contributed by atoms with E-state index in [9.17, 15) is 9.59 Å². The maximum Gasteiger partial charge on any atom is 0.303 e. The second kappa shape index (κ2) is 7.65. The molecule has 1 aromatic rings. The monoisotopic (exact) mass is 278 g/mol. The average Bonchev–Trinajstić information content (AvgIpc) is 2.39. The Morgan fingerprint density at radius 1 is 1.30 bits per heavy atom. The summed E-state index contributed by atoms with van der Waals surface area (Å²) in [5.41, 5.74) is 7.34. The van der Waals surface area contributed by atoms with Crippen molar-refractivity contribution >= 4 is 17.6 Å². The van der Waals surface area contributed by atoms with E-state index in [1.54, 1.807) is 12.1 Å². The van der Waals surface area contributed by atoms with Crippen molar-refractivity contribution in [2.45, 2.75) is 45.1 Å². The zero-order valence-corrected chi connectivity index (χ0v) is 11.9. The number of amides is 1. The first-order valence-electron chi connectivity index (χ1n) is 6.82. The van der Waals surface area contributed by atoms with Gasteiger partial charge in [-0.25, -0.2) is 0 Å². The third kappa shape index (κ3) is 5.01. The Labute approximate surface area is 119 Å². The van der Waals surface area contributed by atoms with Gasteiger partial charge >= 0.3 is 5.97 Å². The molecule has 0 saturated carbocycles. The summed E-state index contributed by atoms with van der Waals surface area (Å²) >= 11 is 0. The lowest BCUT2D eigenvalue weighted by Crippen LogP contribution is -2.35. The molecule has 1 unspecified atom stereocenters. The fourth-order valence-electron chi connectivity index (χ4n) is 1.95. The van der Waals surface area contributed by atoms with E-state index in [1.807, 2.05) is 26.0 Å². The second-order valence-electron chi connectivity index (χ2n) is 5.01. The van der Waals surface area contributed by atoms with Crippen LogP contribution in [0.2, 0.25) is 0 Å². The minimum Gasteiger partial charge on any atom is -0.481 e. The highest BCUT2D eigenvalue weighted by Crippen LogP contribution is 2.21. The molecule has 0 aliphatic carbocycles. The van der Waals surface area contributed by atoms with E-state index in [0.29, 0.717) is 12.1 Å². The van der Waals surface area contributed by atoms with Crippen LogP contribution in [0.25, 0.3) is 0 Å². The molecule has 110 valence electrons. The van der Waals surface area contributed by atoms with Crippen molar-refractivity contribution in [2.24, 2.45) is 5.73 Å². The van der Waals surface area contributed by atoms with Crippen LogP contribution < -0.4 is 11.1 Å². The molecule has 0 bridgehead atoms. The molecule has 0 aromatic heterocycles. The number of nitrogens with two attached hydrogens (primary N) is 1. The number of hydrogen-bond donors (Lipinski definition) is 3. The molecule has 0 heterocycles. The lowest BCUT2D eigenvalue weighted by Gasteiger charge is -2.13. The molecule has 0 aliphatic rings. The fraction of sp³-hybridized carbons (Fsp3) is 0.467. The Balaban J connectivity index is 2.62. The Morgan fingerprint density at radius 2 is 1.90 bits per heavy atom. The van der Waals surface area contributed by atoms with Crippen LogP contribution in [0, 0.1) is 0 Å². The van der Waals surface area contributed by atoms with Gasteiger partial charge in [0.05, 0.1) is 12.5 Å². The fourth-order valence-corrected chi connectivity index (χ4v) is 1.95. The van der Waals surface area contributed by atoms with Crippen LogP contribution in [0.4, 0.5) is 5.69 Å². The highest BCUT2D eigenvalue weighted by Gasteiger charge is 2.13. The zero-order chi connectivity index (χ0) is 15.1. The standard InChI is InChI=1S/C15H22N2O3/c1-3-4-13(16)15(20)17-12-7-5-11(6-8-12)10(2)9-14(18)19/h5-8,10,13H,3-4,9,16H2,1-2H3,(H,17,20)(H,18,19)/t10?,13-/m1/s1. The van der Waals surface area contributed by atoms with Crippen LogP contribution in [0.15, 0.2) is 24.3 Å². The summed E-state index contributed by atoms with van der Waals surface area (Å²) in [4.78, 5) is 22.4. The van der Waals surface area contributed by atoms with Crippen molar-refractivity contribution in [3.05, 3.63) is 29.8 Å². The number of carboxylic acid groups (broad SMARTS) is 1. The van der Waals surface area contributed by atoms with E-state index in [2.05, 4.69) is 5.32 Å². The summed E-state index contributed by atoms with van der Waals surface area (Å²) in [7, 11) is 0. The Hall–Kier alpha value is -1.88. The van der Waals surface area contributed by atoms with Crippen molar-refractivity contribution in [1.29, 1.82) is 0 Å². The van der Waals surface area contributed by atoms with E-state index in [0.717, 1.165) is 12.0 Å². The van der Waals surface area contributed by atoms with Crippen molar-refractivity contribution in [3.63, 3.8) is 0 Å². The summed E-state index contributed by atoms with van der Waals surface area (Å²) < 4.78 is 0. The largest absolute Gasteiger partial charge is 0.481 e. The van der Waals surface area contributed by atoms with Gasteiger partial charge in [-0.05, 0) is 30.0 Å². The van der Waals surface area contributed by atoms with Gasteiger partial charge in [-0.1, -0.05) is 32.4 Å². The summed E-state index contributed by atoms with van der Waals surface area (Å²) in [6.45, 7) is 3.84. The van der Waals surface area contributed by atoms with Gasteiger partial charge in [-0.3, -0.25) is 9.59 Å². The Bertz CT molecular complexity index is 457. The van der Waals surface area contributed by atoms with Gasteiger partial charge in [-0.15, -0.1) is 0 Å². The first kappa shape index (κ1) is 16.2. The number of carboxylic acids is 1. The predicted molar refractivity (Wildman–Crippen MR) is 78.6 cm³/mol. The highest BCUT2D eigenvalue weighted by molar-refractivity contribution is 5.94. The number of carbonyl (C=O) groups is 2. The van der Waals surface area contributed by atoms with Crippen LogP contribution in [0.1, 0.15) is 44.6 Å². The van der Waals surface area contributed by atoms with E-state index >= 15 is 0 Å². The molecule has 0 radical (unpaired) electrons. The van der Waals surface area contributed by atoms with E-state index < -0.39 is 12.0 Å². The van der Waals surface area contributed by atoms with Crippen LogP contribution in [-0.4, -0.2) is 23.0 Å². The molecule has 5 nitrogen and oxygen atoms in total. The van der Waals surface area contributed by atoms with Gasteiger partial charge in [0.15, 0.2) is 0 Å². The van der Waals surface area contributed by atoms with Gasteiger partial charge in [0, 0.05) is 5.69 Å². The first-order valence-corrected chi connectivity index (χ1v) is 6.82. The van der Waals surface area contributed by atoms with Crippen molar-refractivity contribution in [2.75, 3.05) is 5.32 Å². The van der Waals surface area contributed by atoms with Crippen molar-refractivity contribution in [1.82, 2.24) is 0 Å². The number of nitrogens with one attached hydrogen (secondary N) is 1. The summed E-state index contributed by atoms with van der Waals surface area (Å²) in [5.74, 6) is -1.07. The number of benzene rings is 1. The number of hydrogen-bond acceptors (Lipinski definition) is 3. The molecule has 5 heteroatoms. The Kier molecular flexibility index (Phi) is 6.18. The van der Waals surface area contributed by atoms with E-state index in [4.69, 9.17) is 10.8 Å². The number of anilines is 1. The van der Waals surface area contributed by atoms with Crippen LogP contribution in [0.5, 0.6) is 0 Å². The molecule has 0 saturated heterocycles. The summed E-state index contributed by atoms with van der Waals surface area (Å²) in [6.07, 6.45) is 1.60. The molecular formula is C15H22N2O3. The number of carbonyl (C=O) groups excluding carboxylic acids is 1. The first-order chi connectivity index (χ1) is 9.43. The van der Waals surface area contributed by atoms with Crippen molar-refractivity contribution < 1.29 is 14.7 Å². The highest BCUT2D eigenvalue weighted by atomic mass is 16.4. The molecule has 0 aliphatic heterocycles. The van der Waals surface area contributed by atoms with Gasteiger partial charge in [0.2, 0.25) is 5.91 Å². The van der Waals surface area contributed by atoms with Gasteiger partial charge in [0.25, 0.3) is 0 Å². The minimum atomic E-state index is -0.819. The molecule has 2 atom stereocenters. The van der Waals surface area contributed by atoms with E-state index in [-0.39, 0.29) is 18.2 Å². The van der Waals surface area contributed by atoms with Crippen LogP contribution >= 0.6 is 0 Å². The molecule has 1 aromatic carbocycles. The van der Waals surface area contributed by atoms with E-state index in [1.165, 1.54) is 0 Å². The second-order valence-corrected chi connectivity index (χ2v) is 5.01. The number of aliphatic carboxylic acids is 1. The molecule has 0 spiro atoms. The predicted octanol–water partition coefficient (Wildman–Crippen LogP) is 2.33. The molecule has 4 N–H and O–H groups in total. The number of rotatable bonds is 7. The lowest BCUT2D eigenvalue weighted by molar-refractivity contribution is -0.137. The van der Waals surface area contributed by atoms with Crippen LogP contribution in [0.3, 0.4) is 0 Å². The lowest BCUT2D eigenvalue weighted by atomic mass is 9.98. The average molecular weight is 278 g/mol. The normalized spacial score (nSPS) is 13.6. The molecule has 0 fully saturated rings. The maximum atomic E-state index is 11.8.